The van der Waals surface area contributed by atoms with Crippen LogP contribution in [0.3, 0.4) is 0 Å². The molecule has 0 bridgehead atoms. The van der Waals surface area contributed by atoms with E-state index in [1.807, 2.05) is 0 Å². The molecule has 0 rings (SSSR count). The Morgan fingerprint density at radius 3 is 1.62 bits per heavy atom. The summed E-state index contributed by atoms with van der Waals surface area (Å²) >= 11 is 0. The molecular weight excluding hydrogens is 320 g/mol. The standard InChI is InChI=1S/C24H46O2/c1-4-7-10-11-12-13-14-16-19-23(18-15-8-5-2)20-22-24(25,26)21-17-9-6-3/h23,25-26H,4-19,21H2,1-3H3. The molecule has 154 valence electrons. The van der Waals surface area contributed by atoms with Gasteiger partial charge in [0.2, 0.25) is 5.79 Å². The first-order chi connectivity index (χ1) is 12.6. The van der Waals surface area contributed by atoms with E-state index >= 15 is 0 Å². The molecule has 2 heteroatoms. The number of rotatable bonds is 17. The first kappa shape index (κ1) is 25.5. The summed E-state index contributed by atoms with van der Waals surface area (Å²) < 4.78 is 0. The number of hydrogen-bond donors (Lipinski definition) is 2. The minimum atomic E-state index is -1.79. The highest BCUT2D eigenvalue weighted by atomic mass is 16.5. The molecule has 0 fully saturated rings. The third-order valence-electron chi connectivity index (χ3n) is 5.17. The molecule has 0 aromatic carbocycles. The minimum absolute atomic E-state index is 0.325. The topological polar surface area (TPSA) is 40.5 Å². The lowest BCUT2D eigenvalue weighted by atomic mass is 9.94. The van der Waals surface area contributed by atoms with Crippen molar-refractivity contribution in [2.24, 2.45) is 5.92 Å². The first-order valence-electron chi connectivity index (χ1n) is 11.5. The van der Waals surface area contributed by atoms with Crippen molar-refractivity contribution in [2.45, 2.75) is 136 Å². The molecule has 0 saturated carbocycles. The van der Waals surface area contributed by atoms with E-state index in [2.05, 4.69) is 32.6 Å². The van der Waals surface area contributed by atoms with Crippen LogP contribution in [0.2, 0.25) is 0 Å². The number of aliphatic hydroxyl groups is 2. The smallest absolute Gasteiger partial charge is 0.228 e. The summed E-state index contributed by atoms with van der Waals surface area (Å²) in [6, 6.07) is 0. The maximum atomic E-state index is 10.1. The molecule has 2 nitrogen and oxygen atoms in total. The minimum Gasteiger partial charge on any atom is -0.356 e. The molecule has 1 atom stereocenters. The third-order valence-corrected chi connectivity index (χ3v) is 5.17. The SMILES string of the molecule is CCCCCCCCCCC(C#CC(O)(O)CCCCC)CCCCC. The summed E-state index contributed by atoms with van der Waals surface area (Å²) in [5.41, 5.74) is 0. The normalized spacial score (nSPS) is 12.7. The highest BCUT2D eigenvalue weighted by Gasteiger charge is 2.19. The van der Waals surface area contributed by atoms with Gasteiger partial charge in [0.1, 0.15) is 0 Å². The van der Waals surface area contributed by atoms with Gasteiger partial charge in [-0.15, -0.1) is 0 Å². The molecule has 0 saturated heterocycles. The lowest BCUT2D eigenvalue weighted by Gasteiger charge is -2.16. The Morgan fingerprint density at radius 1 is 0.615 bits per heavy atom. The van der Waals surface area contributed by atoms with Crippen molar-refractivity contribution in [2.75, 3.05) is 0 Å². The van der Waals surface area contributed by atoms with Gasteiger partial charge in [-0.25, -0.2) is 0 Å². The van der Waals surface area contributed by atoms with Gasteiger partial charge < -0.3 is 10.2 Å². The molecule has 0 radical (unpaired) electrons. The summed E-state index contributed by atoms with van der Waals surface area (Å²) in [7, 11) is 0. The van der Waals surface area contributed by atoms with Crippen LogP contribution < -0.4 is 0 Å². The molecule has 1 unspecified atom stereocenters. The Bertz CT molecular complexity index is 351. The Hall–Kier alpha value is -0.520. The summed E-state index contributed by atoms with van der Waals surface area (Å²) in [5.74, 6) is 4.53. The Labute approximate surface area is 164 Å². The first-order valence-corrected chi connectivity index (χ1v) is 11.5. The van der Waals surface area contributed by atoms with Crippen LogP contribution >= 0.6 is 0 Å². The van der Waals surface area contributed by atoms with Crippen LogP contribution in [0.15, 0.2) is 0 Å². The van der Waals surface area contributed by atoms with Crippen LogP contribution in [0.5, 0.6) is 0 Å². The van der Waals surface area contributed by atoms with E-state index < -0.39 is 5.79 Å². The van der Waals surface area contributed by atoms with Crippen molar-refractivity contribution in [3.05, 3.63) is 0 Å². The molecule has 0 spiro atoms. The highest BCUT2D eigenvalue weighted by molar-refractivity contribution is 5.11. The van der Waals surface area contributed by atoms with Crippen molar-refractivity contribution in [1.29, 1.82) is 0 Å². The third kappa shape index (κ3) is 16.9. The van der Waals surface area contributed by atoms with E-state index in [0.29, 0.717) is 12.3 Å². The monoisotopic (exact) mass is 366 g/mol. The van der Waals surface area contributed by atoms with Gasteiger partial charge in [-0.2, -0.15) is 0 Å². The van der Waals surface area contributed by atoms with E-state index in [0.717, 1.165) is 32.1 Å². The lowest BCUT2D eigenvalue weighted by Crippen LogP contribution is -2.25. The molecule has 2 N–H and O–H groups in total. The van der Waals surface area contributed by atoms with Crippen molar-refractivity contribution in [1.82, 2.24) is 0 Å². The molecule has 0 aliphatic rings. The van der Waals surface area contributed by atoms with Crippen LogP contribution in [0.25, 0.3) is 0 Å². The summed E-state index contributed by atoms with van der Waals surface area (Å²) in [4.78, 5) is 0. The van der Waals surface area contributed by atoms with Gasteiger partial charge in [-0.05, 0) is 25.2 Å². The molecule has 0 amide bonds. The second kappa shape index (κ2) is 17.9. The van der Waals surface area contributed by atoms with E-state index in [4.69, 9.17) is 0 Å². The van der Waals surface area contributed by atoms with E-state index in [9.17, 15) is 10.2 Å². The Morgan fingerprint density at radius 2 is 1.04 bits per heavy atom. The fourth-order valence-corrected chi connectivity index (χ4v) is 3.36. The van der Waals surface area contributed by atoms with Crippen LogP contribution in [0, 0.1) is 17.8 Å². The maximum Gasteiger partial charge on any atom is 0.228 e. The van der Waals surface area contributed by atoms with Crippen LogP contribution in [-0.4, -0.2) is 16.0 Å². The average molecular weight is 367 g/mol. The van der Waals surface area contributed by atoms with E-state index in [1.165, 1.54) is 70.6 Å². The number of hydrogen-bond acceptors (Lipinski definition) is 2. The number of unbranched alkanes of at least 4 members (excludes halogenated alkanes) is 11. The predicted octanol–water partition coefficient (Wildman–Crippen LogP) is 6.98. The van der Waals surface area contributed by atoms with E-state index in [1.54, 1.807) is 0 Å². The molecule has 0 heterocycles. The fourth-order valence-electron chi connectivity index (χ4n) is 3.36. The Balaban J connectivity index is 4.20. The van der Waals surface area contributed by atoms with Crippen LogP contribution in [0.1, 0.15) is 130 Å². The van der Waals surface area contributed by atoms with Crippen molar-refractivity contribution in [3.8, 4) is 11.8 Å². The summed E-state index contributed by atoms with van der Waals surface area (Å²) in [6.07, 6.45) is 19.8. The Kier molecular flexibility index (Phi) is 17.5. The summed E-state index contributed by atoms with van der Waals surface area (Å²) in [5, 5.41) is 20.1. The quantitative estimate of drug-likeness (QED) is 0.166. The highest BCUT2D eigenvalue weighted by Crippen LogP contribution is 2.19. The van der Waals surface area contributed by atoms with Gasteiger partial charge in [0.15, 0.2) is 0 Å². The second-order valence-electron chi connectivity index (χ2n) is 8.00. The fraction of sp³-hybridized carbons (Fsp3) is 0.917. The summed E-state index contributed by atoms with van der Waals surface area (Å²) in [6.45, 7) is 6.60. The zero-order valence-electron chi connectivity index (χ0n) is 18.0. The second-order valence-corrected chi connectivity index (χ2v) is 8.00. The zero-order valence-corrected chi connectivity index (χ0v) is 18.0. The van der Waals surface area contributed by atoms with Crippen molar-refractivity contribution < 1.29 is 10.2 Å². The van der Waals surface area contributed by atoms with Crippen molar-refractivity contribution >= 4 is 0 Å². The van der Waals surface area contributed by atoms with Gasteiger partial charge in [-0.3, -0.25) is 0 Å². The largest absolute Gasteiger partial charge is 0.356 e. The van der Waals surface area contributed by atoms with Gasteiger partial charge in [0.25, 0.3) is 0 Å². The molecular formula is C24H46O2. The molecule has 0 aromatic rings. The van der Waals surface area contributed by atoms with Crippen LogP contribution in [0.4, 0.5) is 0 Å². The predicted molar refractivity (Wildman–Crippen MR) is 114 cm³/mol. The van der Waals surface area contributed by atoms with Crippen LogP contribution in [-0.2, 0) is 0 Å². The molecule has 0 aliphatic carbocycles. The van der Waals surface area contributed by atoms with E-state index in [-0.39, 0.29) is 0 Å². The van der Waals surface area contributed by atoms with Crippen molar-refractivity contribution in [3.63, 3.8) is 0 Å². The van der Waals surface area contributed by atoms with Gasteiger partial charge in [-0.1, -0.05) is 110 Å². The zero-order chi connectivity index (χ0) is 19.5. The molecule has 26 heavy (non-hydrogen) atoms. The molecule has 0 aliphatic heterocycles. The maximum absolute atomic E-state index is 10.1. The van der Waals surface area contributed by atoms with Gasteiger partial charge >= 0.3 is 0 Å². The lowest BCUT2D eigenvalue weighted by molar-refractivity contribution is -0.115. The molecule has 0 aromatic heterocycles. The van der Waals surface area contributed by atoms with Gasteiger partial charge in [0, 0.05) is 12.3 Å². The van der Waals surface area contributed by atoms with Gasteiger partial charge in [0.05, 0.1) is 0 Å². The average Bonchev–Trinajstić information content (AvgIpc) is 2.61.